The van der Waals surface area contributed by atoms with Crippen molar-refractivity contribution in [2.75, 3.05) is 11.9 Å². The summed E-state index contributed by atoms with van der Waals surface area (Å²) < 4.78 is 6.82. The number of nitrogens with one attached hydrogen (secondary N) is 1. The van der Waals surface area contributed by atoms with Crippen molar-refractivity contribution in [3.63, 3.8) is 0 Å². The van der Waals surface area contributed by atoms with E-state index < -0.39 is 0 Å². The molecule has 1 aromatic carbocycles. The van der Waals surface area contributed by atoms with Crippen LogP contribution in [0.2, 0.25) is 0 Å². The standard InChI is InChI=1S/C15H17BrN2O/c1-2-17-15-13(4-3-9-18-15)11-19-10-12-5-7-14(16)8-6-12/h3-9H,2,10-11H2,1H3,(H,17,18). The van der Waals surface area contributed by atoms with Gasteiger partial charge in [0.15, 0.2) is 0 Å². The van der Waals surface area contributed by atoms with Crippen molar-refractivity contribution in [2.24, 2.45) is 0 Å². The van der Waals surface area contributed by atoms with Gasteiger partial charge in [0.25, 0.3) is 0 Å². The molecule has 2 aromatic rings. The molecule has 0 saturated heterocycles. The zero-order valence-electron chi connectivity index (χ0n) is 10.9. The number of hydrogen-bond donors (Lipinski definition) is 1. The van der Waals surface area contributed by atoms with Gasteiger partial charge in [0.1, 0.15) is 5.82 Å². The molecule has 0 aliphatic heterocycles. The van der Waals surface area contributed by atoms with E-state index in [9.17, 15) is 0 Å². The van der Waals surface area contributed by atoms with Crippen LogP contribution in [0.5, 0.6) is 0 Å². The molecule has 0 saturated carbocycles. The van der Waals surface area contributed by atoms with Crippen LogP contribution in [0.4, 0.5) is 5.82 Å². The van der Waals surface area contributed by atoms with Gasteiger partial charge in [0, 0.05) is 22.8 Å². The van der Waals surface area contributed by atoms with Crippen molar-refractivity contribution in [3.05, 3.63) is 58.2 Å². The molecular weight excluding hydrogens is 304 g/mol. The SMILES string of the molecule is CCNc1ncccc1COCc1ccc(Br)cc1. The summed E-state index contributed by atoms with van der Waals surface area (Å²) in [6, 6.07) is 12.1. The van der Waals surface area contributed by atoms with Crippen LogP contribution in [0.25, 0.3) is 0 Å². The molecule has 0 atom stereocenters. The molecule has 3 nitrogen and oxygen atoms in total. The topological polar surface area (TPSA) is 34.2 Å². The van der Waals surface area contributed by atoms with Crippen LogP contribution in [0.1, 0.15) is 18.1 Å². The van der Waals surface area contributed by atoms with Gasteiger partial charge in [-0.1, -0.05) is 34.1 Å². The number of ether oxygens (including phenoxy) is 1. The number of nitrogens with zero attached hydrogens (tertiary/aromatic N) is 1. The van der Waals surface area contributed by atoms with Gasteiger partial charge in [-0.2, -0.15) is 0 Å². The quantitative estimate of drug-likeness (QED) is 0.873. The monoisotopic (exact) mass is 320 g/mol. The minimum Gasteiger partial charge on any atom is -0.372 e. The summed E-state index contributed by atoms with van der Waals surface area (Å²) in [6.45, 7) is 4.08. The highest BCUT2D eigenvalue weighted by molar-refractivity contribution is 9.10. The van der Waals surface area contributed by atoms with Crippen molar-refractivity contribution in [3.8, 4) is 0 Å². The Labute approximate surface area is 122 Å². The van der Waals surface area contributed by atoms with Crippen LogP contribution in [0, 0.1) is 0 Å². The highest BCUT2D eigenvalue weighted by Crippen LogP contribution is 2.15. The summed E-state index contributed by atoms with van der Waals surface area (Å²) >= 11 is 3.42. The molecule has 100 valence electrons. The van der Waals surface area contributed by atoms with Crippen LogP contribution in [-0.2, 0) is 18.0 Å². The van der Waals surface area contributed by atoms with E-state index in [1.165, 1.54) is 0 Å². The van der Waals surface area contributed by atoms with E-state index in [0.717, 1.165) is 28.0 Å². The smallest absolute Gasteiger partial charge is 0.131 e. The van der Waals surface area contributed by atoms with Crippen LogP contribution in [-0.4, -0.2) is 11.5 Å². The van der Waals surface area contributed by atoms with Crippen molar-refractivity contribution >= 4 is 21.7 Å². The van der Waals surface area contributed by atoms with Gasteiger partial charge < -0.3 is 10.1 Å². The minimum atomic E-state index is 0.562. The van der Waals surface area contributed by atoms with Crippen LogP contribution < -0.4 is 5.32 Å². The Hall–Kier alpha value is -1.39. The summed E-state index contributed by atoms with van der Waals surface area (Å²) in [5.41, 5.74) is 2.25. The second-order valence-corrected chi connectivity index (χ2v) is 5.08. The predicted molar refractivity (Wildman–Crippen MR) is 81.0 cm³/mol. The largest absolute Gasteiger partial charge is 0.372 e. The molecule has 0 radical (unpaired) electrons. The fraction of sp³-hybridized carbons (Fsp3) is 0.267. The second kappa shape index (κ2) is 7.26. The van der Waals surface area contributed by atoms with Gasteiger partial charge >= 0.3 is 0 Å². The highest BCUT2D eigenvalue weighted by atomic mass is 79.9. The van der Waals surface area contributed by atoms with E-state index in [1.807, 2.05) is 24.3 Å². The first-order chi connectivity index (χ1) is 9.29. The zero-order chi connectivity index (χ0) is 13.5. The van der Waals surface area contributed by atoms with Gasteiger partial charge in [-0.3, -0.25) is 0 Å². The van der Waals surface area contributed by atoms with Gasteiger partial charge in [-0.15, -0.1) is 0 Å². The van der Waals surface area contributed by atoms with Crippen LogP contribution in [0.3, 0.4) is 0 Å². The normalized spacial score (nSPS) is 10.4. The van der Waals surface area contributed by atoms with Gasteiger partial charge in [-0.25, -0.2) is 4.98 Å². The van der Waals surface area contributed by atoms with E-state index >= 15 is 0 Å². The third-order valence-corrected chi connectivity index (χ3v) is 3.20. The van der Waals surface area contributed by atoms with Gasteiger partial charge in [0.2, 0.25) is 0 Å². The van der Waals surface area contributed by atoms with E-state index in [4.69, 9.17) is 4.74 Å². The molecule has 4 heteroatoms. The zero-order valence-corrected chi connectivity index (χ0v) is 12.5. The number of pyridine rings is 1. The Morgan fingerprint density at radius 1 is 1.16 bits per heavy atom. The lowest BCUT2D eigenvalue weighted by molar-refractivity contribution is 0.107. The van der Waals surface area contributed by atoms with E-state index in [2.05, 4.69) is 45.3 Å². The highest BCUT2D eigenvalue weighted by Gasteiger charge is 2.02. The average Bonchev–Trinajstić information content (AvgIpc) is 2.43. The Morgan fingerprint density at radius 3 is 2.68 bits per heavy atom. The number of aromatic nitrogens is 1. The number of hydrogen-bond acceptors (Lipinski definition) is 3. The first-order valence-corrected chi connectivity index (χ1v) is 7.09. The summed E-state index contributed by atoms with van der Waals surface area (Å²) in [6.07, 6.45) is 1.79. The molecule has 19 heavy (non-hydrogen) atoms. The third kappa shape index (κ3) is 4.33. The molecule has 1 heterocycles. The van der Waals surface area contributed by atoms with Crippen molar-refractivity contribution < 1.29 is 4.74 Å². The van der Waals surface area contributed by atoms with E-state index in [-0.39, 0.29) is 0 Å². The van der Waals surface area contributed by atoms with Crippen LogP contribution in [0.15, 0.2) is 47.1 Å². The molecule has 0 aliphatic carbocycles. The minimum absolute atomic E-state index is 0.562. The molecule has 0 amide bonds. The lowest BCUT2D eigenvalue weighted by Gasteiger charge is -2.10. The Morgan fingerprint density at radius 2 is 1.95 bits per heavy atom. The van der Waals surface area contributed by atoms with Crippen molar-refractivity contribution in [1.29, 1.82) is 0 Å². The number of benzene rings is 1. The summed E-state index contributed by atoms with van der Waals surface area (Å²) in [5, 5.41) is 3.23. The maximum absolute atomic E-state index is 5.74. The molecule has 1 N–H and O–H groups in total. The summed E-state index contributed by atoms with van der Waals surface area (Å²) in [4.78, 5) is 4.31. The Bertz CT molecular complexity index is 514. The molecular formula is C15H17BrN2O. The molecule has 0 unspecified atom stereocenters. The Kier molecular flexibility index (Phi) is 5.36. The lowest BCUT2D eigenvalue weighted by atomic mass is 10.2. The molecule has 1 aromatic heterocycles. The Balaban J connectivity index is 1.90. The lowest BCUT2D eigenvalue weighted by Crippen LogP contribution is -2.04. The number of anilines is 1. The molecule has 0 aliphatic rings. The van der Waals surface area contributed by atoms with Crippen LogP contribution >= 0.6 is 15.9 Å². The number of rotatable bonds is 6. The fourth-order valence-electron chi connectivity index (χ4n) is 1.74. The van der Waals surface area contributed by atoms with E-state index in [0.29, 0.717) is 13.2 Å². The van der Waals surface area contributed by atoms with Crippen molar-refractivity contribution in [2.45, 2.75) is 20.1 Å². The number of halogens is 1. The second-order valence-electron chi connectivity index (χ2n) is 4.16. The molecule has 0 spiro atoms. The van der Waals surface area contributed by atoms with Gasteiger partial charge in [0.05, 0.1) is 13.2 Å². The molecule has 0 fully saturated rings. The maximum Gasteiger partial charge on any atom is 0.131 e. The molecule has 2 rings (SSSR count). The maximum atomic E-state index is 5.74. The molecule has 0 bridgehead atoms. The average molecular weight is 321 g/mol. The first-order valence-electron chi connectivity index (χ1n) is 6.29. The predicted octanol–water partition coefficient (Wildman–Crippen LogP) is 3.99. The third-order valence-electron chi connectivity index (χ3n) is 2.68. The summed E-state index contributed by atoms with van der Waals surface area (Å²) in [7, 11) is 0. The first kappa shape index (κ1) is 14.0. The van der Waals surface area contributed by atoms with Crippen molar-refractivity contribution in [1.82, 2.24) is 4.98 Å². The fourth-order valence-corrected chi connectivity index (χ4v) is 2.01. The van der Waals surface area contributed by atoms with Gasteiger partial charge in [-0.05, 0) is 30.7 Å². The summed E-state index contributed by atoms with van der Waals surface area (Å²) in [5.74, 6) is 0.904. The van der Waals surface area contributed by atoms with E-state index in [1.54, 1.807) is 6.20 Å².